The molecule has 0 aromatic carbocycles. The van der Waals surface area contributed by atoms with Crippen molar-refractivity contribution in [3.63, 3.8) is 0 Å². The fourth-order valence-electron chi connectivity index (χ4n) is 2.20. The van der Waals surface area contributed by atoms with Gasteiger partial charge < -0.3 is 0 Å². The van der Waals surface area contributed by atoms with Gasteiger partial charge in [-0.2, -0.15) is 0 Å². The lowest BCUT2D eigenvalue weighted by Gasteiger charge is -2.27. The minimum Gasteiger partial charge on any atom is -0.275 e. The fraction of sp³-hybridized carbons (Fsp3) is 0.846. The van der Waals surface area contributed by atoms with Crippen molar-refractivity contribution in [2.45, 2.75) is 46.9 Å². The van der Waals surface area contributed by atoms with E-state index in [1.54, 1.807) is 0 Å². The highest BCUT2D eigenvalue weighted by Gasteiger charge is 2.20. The van der Waals surface area contributed by atoms with Gasteiger partial charge in [0, 0.05) is 0 Å². The van der Waals surface area contributed by atoms with E-state index in [0.717, 1.165) is 6.32 Å². The van der Waals surface area contributed by atoms with Gasteiger partial charge in [0.05, 0.1) is 26.3 Å². The number of hydrogen-bond acceptors (Lipinski definition) is 1. The Morgan fingerprint density at radius 3 is 2.44 bits per heavy atom. The van der Waals surface area contributed by atoms with Crippen molar-refractivity contribution in [1.29, 1.82) is 0 Å². The summed E-state index contributed by atoms with van der Waals surface area (Å²) in [4.78, 5) is 0. The predicted molar refractivity (Wildman–Crippen MR) is 72.8 cm³/mol. The first-order valence-corrected chi connectivity index (χ1v) is 6.48. The molecule has 1 nitrogen and oxygen atoms in total. The van der Waals surface area contributed by atoms with Crippen molar-refractivity contribution in [2.75, 3.05) is 6.61 Å². The number of rotatable bonds is 8. The van der Waals surface area contributed by atoms with Crippen LogP contribution in [0.2, 0.25) is 6.32 Å². The van der Waals surface area contributed by atoms with Crippen LogP contribution in [-0.4, -0.2) is 14.5 Å². The summed E-state index contributed by atoms with van der Waals surface area (Å²) < 4.78 is 4.63. The van der Waals surface area contributed by atoms with Gasteiger partial charge >= 0.3 is 0 Å². The number of allylic oxidation sites excluding steroid dienone is 1. The molecule has 0 aliphatic rings. The van der Waals surface area contributed by atoms with Crippen LogP contribution in [0.1, 0.15) is 40.5 Å². The van der Waals surface area contributed by atoms with E-state index in [4.69, 9.17) is 19.7 Å². The molecule has 0 fully saturated rings. The van der Waals surface area contributed by atoms with Crippen LogP contribution in [0.25, 0.3) is 0 Å². The summed E-state index contributed by atoms with van der Waals surface area (Å²) in [5.41, 5.74) is 1.19. The van der Waals surface area contributed by atoms with Crippen LogP contribution in [0.3, 0.4) is 0 Å². The molecular weight excluding hydrogens is 218 g/mol. The summed E-state index contributed by atoms with van der Waals surface area (Å²) in [6.07, 6.45) is 5.39. The first-order valence-electron chi connectivity index (χ1n) is 6.17. The van der Waals surface area contributed by atoms with Crippen LogP contribution in [0.15, 0.2) is 11.6 Å². The highest BCUT2D eigenvalue weighted by Crippen LogP contribution is 2.29. The second-order valence-electron chi connectivity index (χ2n) is 4.86. The molecule has 16 heavy (non-hydrogen) atoms. The van der Waals surface area contributed by atoms with Crippen LogP contribution in [0.4, 0.5) is 0 Å². The first-order chi connectivity index (χ1) is 7.56. The molecule has 0 spiro atoms. The minimum absolute atomic E-state index is 0.497. The molecule has 0 saturated carbocycles. The van der Waals surface area contributed by atoms with Gasteiger partial charge in [0.25, 0.3) is 0 Å². The Morgan fingerprint density at radius 1 is 1.44 bits per heavy atom. The highest BCUT2D eigenvalue weighted by atomic mass is 35.5. The normalized spacial score (nSPS) is 16.5. The summed E-state index contributed by atoms with van der Waals surface area (Å²) in [5.74, 6) is 1.70. The maximum Gasteiger partial charge on any atom is 0.0890 e. The van der Waals surface area contributed by atoms with E-state index in [-0.39, 0.29) is 0 Å². The first kappa shape index (κ1) is 16.1. The van der Waals surface area contributed by atoms with E-state index in [1.807, 2.05) is 0 Å². The largest absolute Gasteiger partial charge is 0.275 e. The third-order valence-corrected chi connectivity index (χ3v) is 3.19. The molecule has 0 N–H and O–H groups in total. The van der Waals surface area contributed by atoms with E-state index in [1.165, 1.54) is 18.4 Å². The molecule has 0 rings (SSSR count). The van der Waals surface area contributed by atoms with Gasteiger partial charge in [0.1, 0.15) is 0 Å². The average Bonchev–Trinajstić information content (AvgIpc) is 2.18. The summed E-state index contributed by atoms with van der Waals surface area (Å²) in [6, 6.07) is 0. The van der Waals surface area contributed by atoms with E-state index in [2.05, 4.69) is 38.1 Å². The molecule has 0 aliphatic carbocycles. The molecule has 0 bridgehead atoms. The summed E-state index contributed by atoms with van der Waals surface area (Å²) in [7, 11) is 5.87. The molecule has 2 atom stereocenters. The summed E-state index contributed by atoms with van der Waals surface area (Å²) >= 11 is 5.27. The maximum absolute atomic E-state index is 5.87. The molecule has 0 heterocycles. The maximum atomic E-state index is 5.87. The van der Waals surface area contributed by atoms with Crippen LogP contribution >= 0.6 is 11.9 Å². The van der Waals surface area contributed by atoms with Crippen molar-refractivity contribution in [2.24, 2.45) is 17.8 Å². The molecule has 2 unspecified atom stereocenters. The Kier molecular flexibility index (Phi) is 9.15. The Morgan fingerprint density at radius 2 is 2.06 bits per heavy atom. The second-order valence-corrected chi connectivity index (χ2v) is 5.08. The van der Waals surface area contributed by atoms with Crippen molar-refractivity contribution >= 4 is 19.7 Å². The van der Waals surface area contributed by atoms with E-state index in [0.29, 0.717) is 24.4 Å². The Labute approximate surface area is 107 Å². The molecule has 3 heteroatoms. The lowest BCUT2D eigenvalue weighted by molar-refractivity contribution is 0.305. The SMILES string of the molecule is [B]CC(C(C)C)C(C=C(C)COCl)CCC. The van der Waals surface area contributed by atoms with Crippen molar-refractivity contribution in [3.8, 4) is 0 Å². The van der Waals surface area contributed by atoms with Crippen molar-refractivity contribution < 1.29 is 4.29 Å². The highest BCUT2D eigenvalue weighted by molar-refractivity contribution is 6.08. The molecule has 92 valence electrons. The molecule has 0 aliphatic heterocycles. The van der Waals surface area contributed by atoms with Gasteiger partial charge in [-0.05, 0) is 36.7 Å². The van der Waals surface area contributed by atoms with E-state index >= 15 is 0 Å². The summed E-state index contributed by atoms with van der Waals surface area (Å²) in [5, 5.41) is 0. The zero-order valence-electron chi connectivity index (χ0n) is 11.0. The molecule has 0 aromatic rings. The van der Waals surface area contributed by atoms with Gasteiger partial charge in [0.15, 0.2) is 0 Å². The third kappa shape index (κ3) is 5.96. The molecular formula is C13H24BClO. The van der Waals surface area contributed by atoms with Gasteiger partial charge in [-0.1, -0.05) is 39.6 Å². The molecule has 2 radical (unpaired) electrons. The number of hydrogen-bond donors (Lipinski definition) is 0. The topological polar surface area (TPSA) is 9.23 Å². The average molecular weight is 243 g/mol. The monoisotopic (exact) mass is 242 g/mol. The zero-order valence-corrected chi connectivity index (χ0v) is 11.8. The lowest BCUT2D eigenvalue weighted by atomic mass is 9.73. The van der Waals surface area contributed by atoms with Gasteiger partial charge in [-0.3, -0.25) is 4.29 Å². The minimum atomic E-state index is 0.497. The number of halogens is 1. The Hall–Kier alpha value is 0.0549. The Bertz CT molecular complexity index is 204. The molecule has 0 aromatic heterocycles. The zero-order chi connectivity index (χ0) is 12.6. The van der Waals surface area contributed by atoms with Crippen LogP contribution < -0.4 is 0 Å². The van der Waals surface area contributed by atoms with Crippen LogP contribution in [0, 0.1) is 17.8 Å². The van der Waals surface area contributed by atoms with Crippen molar-refractivity contribution in [1.82, 2.24) is 0 Å². The van der Waals surface area contributed by atoms with Gasteiger partial charge in [-0.15, -0.1) is 0 Å². The predicted octanol–water partition coefficient (Wildman–Crippen LogP) is 4.38. The van der Waals surface area contributed by atoms with E-state index < -0.39 is 0 Å². The fourth-order valence-corrected chi connectivity index (χ4v) is 2.37. The summed E-state index contributed by atoms with van der Waals surface area (Å²) in [6.45, 7) is 9.24. The lowest BCUT2D eigenvalue weighted by Crippen LogP contribution is -2.19. The van der Waals surface area contributed by atoms with Crippen molar-refractivity contribution in [3.05, 3.63) is 11.6 Å². The molecule has 0 saturated heterocycles. The standard InChI is InChI=1S/C13H24BClO/c1-5-6-12(7-11(4)9-16-15)13(8-14)10(2)3/h7,10,12-13H,5-6,8-9H2,1-4H3. The van der Waals surface area contributed by atoms with Gasteiger partial charge in [-0.25, -0.2) is 0 Å². The quantitative estimate of drug-likeness (QED) is 0.453. The van der Waals surface area contributed by atoms with E-state index in [9.17, 15) is 0 Å². The van der Waals surface area contributed by atoms with Crippen LogP contribution in [0.5, 0.6) is 0 Å². The third-order valence-electron chi connectivity index (χ3n) is 3.08. The smallest absolute Gasteiger partial charge is 0.0890 e. The second kappa shape index (κ2) is 9.12. The Balaban J connectivity index is 4.63. The molecule has 0 amide bonds. The van der Waals surface area contributed by atoms with Crippen LogP contribution in [-0.2, 0) is 4.29 Å². The van der Waals surface area contributed by atoms with Gasteiger partial charge in [0.2, 0.25) is 0 Å².